The molecule has 0 spiro atoms. The van der Waals surface area contributed by atoms with Crippen LogP contribution in [0.25, 0.3) is 11.0 Å². The molecular weight excluding hydrogens is 357 g/mol. The van der Waals surface area contributed by atoms with E-state index >= 15 is 0 Å². The maximum absolute atomic E-state index is 11.9. The van der Waals surface area contributed by atoms with Gasteiger partial charge in [-0.3, -0.25) is 0 Å². The van der Waals surface area contributed by atoms with Crippen molar-refractivity contribution >= 4 is 34.2 Å². The van der Waals surface area contributed by atoms with Crippen LogP contribution in [0, 0.1) is 13.8 Å². The Labute approximate surface area is 156 Å². The lowest BCUT2D eigenvalue weighted by atomic mass is 10.0. The molecule has 0 radical (unpaired) electrons. The summed E-state index contributed by atoms with van der Waals surface area (Å²) < 4.78 is 5.42. The van der Waals surface area contributed by atoms with Crippen LogP contribution >= 0.6 is 23.2 Å². The van der Waals surface area contributed by atoms with Gasteiger partial charge >= 0.3 is 5.63 Å². The molecule has 1 N–H and O–H groups in total. The van der Waals surface area contributed by atoms with Crippen LogP contribution in [-0.2, 0) is 6.54 Å². The number of halogens is 2. The van der Waals surface area contributed by atoms with Crippen LogP contribution in [0.2, 0.25) is 10.0 Å². The normalized spacial score (nSPS) is 12.5. The van der Waals surface area contributed by atoms with Crippen LogP contribution in [-0.4, -0.2) is 0 Å². The molecular formula is C20H19Cl2NO2. The van der Waals surface area contributed by atoms with E-state index in [1.54, 1.807) is 12.1 Å². The van der Waals surface area contributed by atoms with Crippen LogP contribution in [0.3, 0.4) is 0 Å². The lowest BCUT2D eigenvalue weighted by Crippen LogP contribution is -2.19. The third-order valence-electron chi connectivity index (χ3n) is 4.55. The smallest absolute Gasteiger partial charge is 0.336 e. The summed E-state index contributed by atoms with van der Waals surface area (Å²) in [7, 11) is 0. The molecule has 0 amide bonds. The van der Waals surface area contributed by atoms with Crippen molar-refractivity contribution in [1.82, 2.24) is 5.32 Å². The molecule has 0 aliphatic heterocycles. The first kappa shape index (κ1) is 18.0. The maximum atomic E-state index is 11.9. The fourth-order valence-corrected chi connectivity index (χ4v) is 3.47. The first-order valence-electron chi connectivity index (χ1n) is 8.08. The topological polar surface area (TPSA) is 42.2 Å². The minimum absolute atomic E-state index is 0.0126. The van der Waals surface area contributed by atoms with E-state index in [9.17, 15) is 4.79 Å². The number of hydrogen-bond acceptors (Lipinski definition) is 3. The van der Waals surface area contributed by atoms with Crippen molar-refractivity contribution in [2.45, 2.75) is 33.4 Å². The zero-order chi connectivity index (χ0) is 18.1. The Hall–Kier alpha value is -1.81. The molecule has 0 aliphatic rings. The van der Waals surface area contributed by atoms with Crippen molar-refractivity contribution < 1.29 is 4.42 Å². The molecule has 3 nitrogen and oxygen atoms in total. The Morgan fingerprint density at radius 2 is 1.88 bits per heavy atom. The van der Waals surface area contributed by atoms with Gasteiger partial charge in [0.25, 0.3) is 0 Å². The van der Waals surface area contributed by atoms with E-state index in [-0.39, 0.29) is 11.7 Å². The summed E-state index contributed by atoms with van der Waals surface area (Å²) in [5, 5.41) is 5.60. The van der Waals surface area contributed by atoms with Gasteiger partial charge in [0.15, 0.2) is 0 Å². The largest absolute Gasteiger partial charge is 0.422 e. The minimum atomic E-state index is -0.338. The third kappa shape index (κ3) is 3.74. The predicted octanol–water partition coefficient (Wildman–Crippen LogP) is 5.57. The molecule has 3 aromatic rings. The van der Waals surface area contributed by atoms with E-state index < -0.39 is 0 Å². The van der Waals surface area contributed by atoms with Crippen molar-refractivity contribution in [2.24, 2.45) is 0 Å². The van der Waals surface area contributed by atoms with Crippen molar-refractivity contribution in [2.75, 3.05) is 0 Å². The molecule has 3 rings (SSSR count). The summed E-state index contributed by atoms with van der Waals surface area (Å²) in [6.45, 7) is 6.53. The van der Waals surface area contributed by atoms with Crippen LogP contribution in [0.1, 0.15) is 35.2 Å². The van der Waals surface area contributed by atoms with Gasteiger partial charge in [-0.2, -0.15) is 0 Å². The molecule has 5 heteroatoms. The van der Waals surface area contributed by atoms with Crippen molar-refractivity contribution in [1.29, 1.82) is 0 Å². The van der Waals surface area contributed by atoms with Gasteiger partial charge in [-0.1, -0.05) is 41.4 Å². The van der Waals surface area contributed by atoms with Gasteiger partial charge < -0.3 is 9.73 Å². The highest BCUT2D eigenvalue weighted by Crippen LogP contribution is 2.27. The van der Waals surface area contributed by atoms with E-state index in [1.165, 1.54) is 0 Å². The highest BCUT2D eigenvalue weighted by atomic mass is 35.5. The number of hydrogen-bond donors (Lipinski definition) is 1. The molecule has 130 valence electrons. The molecule has 0 aliphatic carbocycles. The Kier molecular flexibility index (Phi) is 5.19. The predicted molar refractivity (Wildman–Crippen MR) is 104 cm³/mol. The second-order valence-corrected chi connectivity index (χ2v) is 7.09. The van der Waals surface area contributed by atoms with Gasteiger partial charge in [-0.25, -0.2) is 4.79 Å². The molecule has 0 saturated carbocycles. The first-order valence-corrected chi connectivity index (χ1v) is 8.83. The maximum Gasteiger partial charge on any atom is 0.336 e. The molecule has 1 heterocycles. The highest BCUT2D eigenvalue weighted by molar-refractivity contribution is 6.35. The molecule has 1 aromatic heterocycles. The molecule has 25 heavy (non-hydrogen) atoms. The first-order chi connectivity index (χ1) is 11.9. The number of rotatable bonds is 4. The Morgan fingerprint density at radius 1 is 1.12 bits per heavy atom. The number of fused-ring (bicyclic) bond motifs is 1. The SMILES string of the molecule is Cc1ccc2c(CNC(C)c3ccc(Cl)cc3Cl)cc(=O)oc2c1C. The average molecular weight is 376 g/mol. The van der Waals surface area contributed by atoms with Gasteiger partial charge in [0.05, 0.1) is 0 Å². The second-order valence-electron chi connectivity index (χ2n) is 6.24. The summed E-state index contributed by atoms with van der Waals surface area (Å²) in [4.78, 5) is 11.9. The van der Waals surface area contributed by atoms with Crippen molar-refractivity contribution in [3.63, 3.8) is 0 Å². The summed E-state index contributed by atoms with van der Waals surface area (Å²) in [5.74, 6) is 0. The van der Waals surface area contributed by atoms with E-state index in [2.05, 4.69) is 5.32 Å². The van der Waals surface area contributed by atoms with Crippen LogP contribution in [0.15, 0.2) is 45.6 Å². The van der Waals surface area contributed by atoms with Gasteiger partial charge in [0, 0.05) is 34.1 Å². The Balaban J connectivity index is 1.90. The third-order valence-corrected chi connectivity index (χ3v) is 5.11. The molecule has 1 unspecified atom stereocenters. The van der Waals surface area contributed by atoms with Crippen LogP contribution in [0.4, 0.5) is 0 Å². The molecule has 0 bridgehead atoms. The molecule has 0 fully saturated rings. The second kappa shape index (κ2) is 7.20. The van der Waals surface area contributed by atoms with E-state index in [0.717, 1.165) is 27.6 Å². The number of nitrogens with one attached hydrogen (secondary N) is 1. The zero-order valence-electron chi connectivity index (χ0n) is 14.3. The van der Waals surface area contributed by atoms with E-state index in [1.807, 2.05) is 45.0 Å². The summed E-state index contributed by atoms with van der Waals surface area (Å²) >= 11 is 12.2. The number of benzene rings is 2. The monoisotopic (exact) mass is 375 g/mol. The zero-order valence-corrected chi connectivity index (χ0v) is 15.8. The minimum Gasteiger partial charge on any atom is -0.422 e. The molecule has 2 aromatic carbocycles. The van der Waals surface area contributed by atoms with Crippen molar-refractivity contribution in [3.05, 3.63) is 79.1 Å². The fraction of sp³-hybridized carbons (Fsp3) is 0.250. The van der Waals surface area contributed by atoms with Crippen LogP contribution in [0.5, 0.6) is 0 Å². The molecule has 0 saturated heterocycles. The van der Waals surface area contributed by atoms with Crippen LogP contribution < -0.4 is 10.9 Å². The summed E-state index contributed by atoms with van der Waals surface area (Å²) in [5.41, 5.74) is 4.28. The Bertz CT molecular complexity index is 995. The van der Waals surface area contributed by atoms with E-state index in [4.69, 9.17) is 27.6 Å². The van der Waals surface area contributed by atoms with Gasteiger partial charge in [-0.15, -0.1) is 0 Å². The lowest BCUT2D eigenvalue weighted by Gasteiger charge is -2.17. The van der Waals surface area contributed by atoms with Gasteiger partial charge in [0.1, 0.15) is 5.58 Å². The highest BCUT2D eigenvalue weighted by Gasteiger charge is 2.13. The Morgan fingerprint density at radius 3 is 2.60 bits per heavy atom. The summed E-state index contributed by atoms with van der Waals surface area (Å²) in [6, 6.07) is 11.1. The summed E-state index contributed by atoms with van der Waals surface area (Å²) in [6.07, 6.45) is 0. The standard InChI is InChI=1S/C20H19Cl2NO2/c1-11-4-6-17-14(8-19(24)25-20(17)12(11)2)10-23-13(3)16-7-5-15(21)9-18(16)22/h4-9,13,23H,10H2,1-3H3. The number of aryl methyl sites for hydroxylation is 2. The lowest BCUT2D eigenvalue weighted by molar-refractivity contribution is 0.545. The quantitative estimate of drug-likeness (QED) is 0.606. The van der Waals surface area contributed by atoms with Gasteiger partial charge in [0.2, 0.25) is 0 Å². The van der Waals surface area contributed by atoms with E-state index in [0.29, 0.717) is 22.2 Å². The molecule has 1 atom stereocenters. The fourth-order valence-electron chi connectivity index (χ4n) is 2.90. The average Bonchev–Trinajstić information content (AvgIpc) is 2.56. The van der Waals surface area contributed by atoms with Gasteiger partial charge in [-0.05, 0) is 55.2 Å². The van der Waals surface area contributed by atoms with Crippen molar-refractivity contribution in [3.8, 4) is 0 Å².